The molecule has 0 saturated heterocycles. The number of ether oxygens (including phenoxy) is 1. The Bertz CT molecular complexity index is 705. The molecular formula is C18H19N3O. The molecule has 2 aromatic carbocycles. The quantitative estimate of drug-likeness (QED) is 0.758. The van der Waals surface area contributed by atoms with Crippen LogP contribution in [0.25, 0.3) is 5.69 Å². The number of methoxy groups -OCH3 is 1. The zero-order valence-electron chi connectivity index (χ0n) is 12.6. The van der Waals surface area contributed by atoms with Crippen molar-refractivity contribution in [3.05, 3.63) is 78.1 Å². The van der Waals surface area contributed by atoms with Crippen molar-refractivity contribution in [1.29, 1.82) is 0 Å². The van der Waals surface area contributed by atoms with Gasteiger partial charge < -0.3 is 10.1 Å². The van der Waals surface area contributed by atoms with Crippen molar-refractivity contribution in [2.75, 3.05) is 7.11 Å². The molecule has 1 N–H and O–H groups in total. The van der Waals surface area contributed by atoms with Crippen LogP contribution in [-0.2, 0) is 13.1 Å². The Kier molecular flexibility index (Phi) is 4.51. The first-order valence-corrected chi connectivity index (χ1v) is 7.28. The van der Waals surface area contributed by atoms with Gasteiger partial charge in [0.2, 0.25) is 0 Å². The number of para-hydroxylation sites is 1. The van der Waals surface area contributed by atoms with E-state index >= 15 is 0 Å². The van der Waals surface area contributed by atoms with Crippen LogP contribution in [-0.4, -0.2) is 16.9 Å². The maximum absolute atomic E-state index is 5.36. The van der Waals surface area contributed by atoms with E-state index in [0.717, 1.165) is 30.1 Å². The Hall–Kier alpha value is -2.59. The van der Waals surface area contributed by atoms with Crippen LogP contribution in [0.3, 0.4) is 0 Å². The molecule has 0 radical (unpaired) electrons. The molecule has 112 valence electrons. The first kappa shape index (κ1) is 14.4. The summed E-state index contributed by atoms with van der Waals surface area (Å²) in [4.78, 5) is 0. The van der Waals surface area contributed by atoms with Crippen LogP contribution in [0.1, 0.15) is 11.1 Å². The third kappa shape index (κ3) is 3.35. The number of nitrogens with zero attached hydrogens (tertiary/aromatic N) is 2. The van der Waals surface area contributed by atoms with Crippen LogP contribution in [0, 0.1) is 0 Å². The van der Waals surface area contributed by atoms with Gasteiger partial charge in [0.05, 0.1) is 12.8 Å². The van der Waals surface area contributed by atoms with Gasteiger partial charge in [-0.3, -0.25) is 0 Å². The highest BCUT2D eigenvalue weighted by Crippen LogP contribution is 2.17. The molecule has 0 atom stereocenters. The molecule has 3 aromatic rings. The summed E-state index contributed by atoms with van der Waals surface area (Å²) in [5.74, 6) is 0.920. The summed E-state index contributed by atoms with van der Waals surface area (Å²) in [6.45, 7) is 1.60. The number of hydrogen-bond acceptors (Lipinski definition) is 3. The summed E-state index contributed by atoms with van der Waals surface area (Å²) in [6, 6.07) is 18.4. The van der Waals surface area contributed by atoms with E-state index in [1.54, 1.807) is 13.3 Å². The van der Waals surface area contributed by atoms with Crippen molar-refractivity contribution in [2.45, 2.75) is 13.1 Å². The maximum Gasteiger partial charge on any atom is 0.123 e. The van der Waals surface area contributed by atoms with Crippen LogP contribution in [0.2, 0.25) is 0 Å². The summed E-state index contributed by atoms with van der Waals surface area (Å²) >= 11 is 0. The molecule has 4 heteroatoms. The molecule has 1 aromatic heterocycles. The number of nitrogens with one attached hydrogen (secondary N) is 1. The summed E-state index contributed by atoms with van der Waals surface area (Å²) in [5.41, 5.74) is 3.47. The van der Waals surface area contributed by atoms with Gasteiger partial charge in [0.25, 0.3) is 0 Å². The molecule has 0 saturated carbocycles. The number of rotatable bonds is 6. The van der Waals surface area contributed by atoms with Crippen molar-refractivity contribution < 1.29 is 4.74 Å². The molecule has 3 rings (SSSR count). The van der Waals surface area contributed by atoms with E-state index < -0.39 is 0 Å². The third-order valence-electron chi connectivity index (χ3n) is 3.54. The summed E-state index contributed by atoms with van der Waals surface area (Å²) in [6.07, 6.45) is 3.72. The first-order valence-electron chi connectivity index (χ1n) is 7.28. The summed E-state index contributed by atoms with van der Waals surface area (Å²) in [7, 11) is 1.70. The zero-order chi connectivity index (χ0) is 15.2. The fourth-order valence-corrected chi connectivity index (χ4v) is 2.38. The van der Waals surface area contributed by atoms with Crippen molar-refractivity contribution in [3.63, 3.8) is 0 Å². The van der Waals surface area contributed by atoms with E-state index in [2.05, 4.69) is 40.7 Å². The van der Waals surface area contributed by atoms with Gasteiger partial charge in [0, 0.05) is 31.0 Å². The molecule has 0 bridgehead atoms. The highest BCUT2D eigenvalue weighted by molar-refractivity contribution is 5.34. The lowest BCUT2D eigenvalue weighted by molar-refractivity contribution is 0.407. The van der Waals surface area contributed by atoms with Crippen molar-refractivity contribution >= 4 is 0 Å². The van der Waals surface area contributed by atoms with Crippen LogP contribution >= 0.6 is 0 Å². The van der Waals surface area contributed by atoms with E-state index in [1.807, 2.05) is 35.1 Å². The van der Waals surface area contributed by atoms with Gasteiger partial charge in [-0.05, 0) is 29.8 Å². The number of aromatic nitrogens is 2. The second-order valence-corrected chi connectivity index (χ2v) is 5.03. The minimum Gasteiger partial charge on any atom is -0.496 e. The predicted molar refractivity (Wildman–Crippen MR) is 87.1 cm³/mol. The van der Waals surface area contributed by atoms with E-state index in [0.29, 0.717) is 0 Å². The molecule has 4 nitrogen and oxygen atoms in total. The lowest BCUT2D eigenvalue weighted by Crippen LogP contribution is -2.13. The minimum absolute atomic E-state index is 0.783. The SMILES string of the molecule is COc1ccccc1CNCc1ccc(-n2cccn2)cc1. The first-order chi connectivity index (χ1) is 10.9. The Morgan fingerprint density at radius 2 is 1.82 bits per heavy atom. The van der Waals surface area contributed by atoms with Crippen molar-refractivity contribution in [1.82, 2.24) is 15.1 Å². The van der Waals surface area contributed by atoms with Crippen molar-refractivity contribution in [2.24, 2.45) is 0 Å². The van der Waals surface area contributed by atoms with Crippen LogP contribution in [0.15, 0.2) is 67.0 Å². The average molecular weight is 293 g/mol. The number of hydrogen-bond donors (Lipinski definition) is 1. The Labute approximate surface area is 130 Å². The molecule has 0 aliphatic carbocycles. The zero-order valence-corrected chi connectivity index (χ0v) is 12.6. The van der Waals surface area contributed by atoms with Gasteiger partial charge in [-0.25, -0.2) is 4.68 Å². The van der Waals surface area contributed by atoms with Gasteiger partial charge in [-0.15, -0.1) is 0 Å². The molecule has 0 unspecified atom stereocenters. The monoisotopic (exact) mass is 293 g/mol. The van der Waals surface area contributed by atoms with E-state index in [-0.39, 0.29) is 0 Å². The normalized spacial score (nSPS) is 10.6. The predicted octanol–water partition coefficient (Wildman–Crippen LogP) is 3.17. The fourth-order valence-electron chi connectivity index (χ4n) is 2.38. The second kappa shape index (κ2) is 6.91. The number of benzene rings is 2. The van der Waals surface area contributed by atoms with E-state index in [9.17, 15) is 0 Å². The van der Waals surface area contributed by atoms with Crippen molar-refractivity contribution in [3.8, 4) is 11.4 Å². The smallest absolute Gasteiger partial charge is 0.123 e. The Morgan fingerprint density at radius 3 is 2.55 bits per heavy atom. The average Bonchev–Trinajstić information content (AvgIpc) is 3.10. The standard InChI is InChI=1S/C18H19N3O/c1-22-18-6-3-2-5-16(18)14-19-13-15-7-9-17(10-8-15)21-12-4-11-20-21/h2-12,19H,13-14H2,1H3. The Balaban J connectivity index is 1.58. The molecule has 22 heavy (non-hydrogen) atoms. The molecule has 0 amide bonds. The largest absolute Gasteiger partial charge is 0.496 e. The van der Waals surface area contributed by atoms with Gasteiger partial charge in [-0.2, -0.15) is 5.10 Å². The molecule has 0 spiro atoms. The van der Waals surface area contributed by atoms with Gasteiger partial charge >= 0.3 is 0 Å². The molecule has 0 aliphatic heterocycles. The van der Waals surface area contributed by atoms with Crippen LogP contribution in [0.4, 0.5) is 0 Å². The lowest BCUT2D eigenvalue weighted by atomic mass is 10.1. The highest BCUT2D eigenvalue weighted by Gasteiger charge is 2.01. The topological polar surface area (TPSA) is 39.1 Å². The van der Waals surface area contributed by atoms with Gasteiger partial charge in [0.15, 0.2) is 0 Å². The molecule has 1 heterocycles. The fraction of sp³-hybridized carbons (Fsp3) is 0.167. The Morgan fingerprint density at radius 1 is 1.00 bits per heavy atom. The summed E-state index contributed by atoms with van der Waals surface area (Å²) < 4.78 is 7.21. The summed E-state index contributed by atoms with van der Waals surface area (Å²) in [5, 5.41) is 7.67. The molecule has 0 aliphatic rings. The van der Waals surface area contributed by atoms with E-state index in [4.69, 9.17) is 4.74 Å². The van der Waals surface area contributed by atoms with Gasteiger partial charge in [-0.1, -0.05) is 30.3 Å². The minimum atomic E-state index is 0.783. The van der Waals surface area contributed by atoms with Crippen LogP contribution < -0.4 is 10.1 Å². The lowest BCUT2D eigenvalue weighted by Gasteiger charge is -2.10. The highest BCUT2D eigenvalue weighted by atomic mass is 16.5. The molecule has 0 fully saturated rings. The van der Waals surface area contributed by atoms with Crippen LogP contribution in [0.5, 0.6) is 5.75 Å². The maximum atomic E-state index is 5.36. The molecular weight excluding hydrogens is 274 g/mol. The second-order valence-electron chi connectivity index (χ2n) is 5.03. The third-order valence-corrected chi connectivity index (χ3v) is 3.54. The van der Waals surface area contributed by atoms with Gasteiger partial charge in [0.1, 0.15) is 5.75 Å². The van der Waals surface area contributed by atoms with E-state index in [1.165, 1.54) is 5.56 Å².